The molecule has 5 heteroatoms. The average Bonchev–Trinajstić information content (AvgIpc) is 2.34. The summed E-state index contributed by atoms with van der Waals surface area (Å²) < 4.78 is 4.96. The van der Waals surface area contributed by atoms with Gasteiger partial charge in [0.1, 0.15) is 12.6 Å². The van der Waals surface area contributed by atoms with Gasteiger partial charge in [0.15, 0.2) is 0 Å². The van der Waals surface area contributed by atoms with Crippen LogP contribution in [0, 0.1) is 18.3 Å². The third kappa shape index (κ3) is 3.75. The molecule has 0 aromatic heterocycles. The highest BCUT2D eigenvalue weighted by molar-refractivity contribution is 5.75. The molecule has 0 spiro atoms. The molecular weight excluding hydrogens is 232 g/mol. The maximum absolute atomic E-state index is 10.9. The van der Waals surface area contributed by atoms with Crippen molar-refractivity contribution in [2.24, 2.45) is 0 Å². The van der Waals surface area contributed by atoms with Crippen LogP contribution in [-0.2, 0) is 9.53 Å². The summed E-state index contributed by atoms with van der Waals surface area (Å²) in [5.74, 6) is -0.934. The van der Waals surface area contributed by atoms with E-state index in [0.717, 1.165) is 5.56 Å². The predicted molar refractivity (Wildman–Crippen MR) is 67.6 cm³/mol. The first-order chi connectivity index (χ1) is 8.58. The molecule has 0 atom stereocenters. The van der Waals surface area contributed by atoms with E-state index in [0.29, 0.717) is 24.4 Å². The minimum Gasteiger partial charge on any atom is -0.480 e. The van der Waals surface area contributed by atoms with E-state index >= 15 is 0 Å². The summed E-state index contributed by atoms with van der Waals surface area (Å²) in [6.07, 6.45) is 0. The maximum Gasteiger partial charge on any atom is 0.323 e. The van der Waals surface area contributed by atoms with Gasteiger partial charge >= 0.3 is 5.97 Å². The molecule has 5 nitrogen and oxygen atoms in total. The molecule has 96 valence electrons. The van der Waals surface area contributed by atoms with Crippen molar-refractivity contribution in [2.45, 2.75) is 6.92 Å². The van der Waals surface area contributed by atoms with E-state index in [-0.39, 0.29) is 6.54 Å². The minimum atomic E-state index is -0.934. The number of nitriles is 1. The normalized spacial score (nSPS) is 9.83. The van der Waals surface area contributed by atoms with E-state index in [1.54, 1.807) is 18.1 Å². The molecule has 0 aliphatic carbocycles. The lowest BCUT2D eigenvalue weighted by Crippen LogP contribution is -2.33. The Bertz CT molecular complexity index is 466. The van der Waals surface area contributed by atoms with E-state index in [4.69, 9.17) is 15.1 Å². The number of carboxylic acids is 1. The lowest BCUT2D eigenvalue weighted by atomic mass is 10.1. The summed E-state index contributed by atoms with van der Waals surface area (Å²) in [6, 6.07) is 7.43. The fourth-order valence-electron chi connectivity index (χ4n) is 1.65. The van der Waals surface area contributed by atoms with Crippen molar-refractivity contribution in [2.75, 3.05) is 31.7 Å². The van der Waals surface area contributed by atoms with Crippen LogP contribution in [0.5, 0.6) is 0 Å². The lowest BCUT2D eigenvalue weighted by molar-refractivity contribution is -0.135. The van der Waals surface area contributed by atoms with Gasteiger partial charge in [-0.05, 0) is 24.6 Å². The number of ether oxygens (including phenoxy) is 1. The predicted octanol–water partition coefficient (Wildman–Crippen LogP) is 1.40. The van der Waals surface area contributed by atoms with Crippen molar-refractivity contribution in [3.63, 3.8) is 0 Å². The molecule has 0 saturated carbocycles. The summed E-state index contributed by atoms with van der Waals surface area (Å²) in [6.45, 7) is 2.59. The zero-order valence-corrected chi connectivity index (χ0v) is 10.5. The Labute approximate surface area is 106 Å². The van der Waals surface area contributed by atoms with Gasteiger partial charge in [-0.1, -0.05) is 6.07 Å². The molecule has 1 aromatic carbocycles. The van der Waals surface area contributed by atoms with Crippen molar-refractivity contribution in [1.29, 1.82) is 5.26 Å². The molecule has 1 rings (SSSR count). The van der Waals surface area contributed by atoms with Gasteiger partial charge in [-0.15, -0.1) is 0 Å². The second kappa shape index (κ2) is 6.62. The molecule has 1 N–H and O–H groups in total. The van der Waals surface area contributed by atoms with Gasteiger partial charge in [-0.3, -0.25) is 4.79 Å². The SMILES string of the molecule is COCCN(CC(=O)O)c1cc(C)ccc1C#N. The third-order valence-electron chi connectivity index (χ3n) is 2.51. The minimum absolute atomic E-state index is 0.151. The number of hydrogen-bond acceptors (Lipinski definition) is 4. The summed E-state index contributed by atoms with van der Waals surface area (Å²) in [7, 11) is 1.56. The van der Waals surface area contributed by atoms with Crippen molar-refractivity contribution in [3.05, 3.63) is 29.3 Å². The number of hydrogen-bond donors (Lipinski definition) is 1. The van der Waals surface area contributed by atoms with Crippen LogP contribution in [0.2, 0.25) is 0 Å². The molecule has 18 heavy (non-hydrogen) atoms. The van der Waals surface area contributed by atoms with E-state index < -0.39 is 5.97 Å². The molecule has 0 aliphatic heterocycles. The third-order valence-corrected chi connectivity index (χ3v) is 2.51. The summed E-state index contributed by atoms with van der Waals surface area (Å²) >= 11 is 0. The first kappa shape index (κ1) is 14.0. The molecule has 0 unspecified atom stereocenters. The number of carbonyl (C=O) groups is 1. The molecule has 0 amide bonds. The molecule has 1 aromatic rings. The van der Waals surface area contributed by atoms with Crippen molar-refractivity contribution in [3.8, 4) is 6.07 Å². The quantitative estimate of drug-likeness (QED) is 0.823. The number of methoxy groups -OCH3 is 1. The second-order valence-electron chi connectivity index (χ2n) is 3.94. The van der Waals surface area contributed by atoms with Crippen LogP contribution in [0.3, 0.4) is 0 Å². The fourth-order valence-corrected chi connectivity index (χ4v) is 1.65. The topological polar surface area (TPSA) is 73.6 Å². The van der Waals surface area contributed by atoms with E-state index in [1.807, 2.05) is 19.1 Å². The van der Waals surface area contributed by atoms with Crippen LogP contribution in [0.1, 0.15) is 11.1 Å². The van der Waals surface area contributed by atoms with Gasteiger partial charge < -0.3 is 14.7 Å². The van der Waals surface area contributed by atoms with E-state index in [9.17, 15) is 4.79 Å². The molecule has 0 aliphatic rings. The first-order valence-electron chi connectivity index (χ1n) is 5.55. The lowest BCUT2D eigenvalue weighted by Gasteiger charge is -2.23. The molecule has 0 radical (unpaired) electrons. The second-order valence-corrected chi connectivity index (χ2v) is 3.94. The molecule has 0 bridgehead atoms. The maximum atomic E-state index is 10.9. The Balaban J connectivity index is 3.06. The van der Waals surface area contributed by atoms with Gasteiger partial charge in [-0.2, -0.15) is 5.26 Å². The van der Waals surface area contributed by atoms with Crippen LogP contribution < -0.4 is 4.90 Å². The number of benzene rings is 1. The molecular formula is C13H16N2O3. The average molecular weight is 248 g/mol. The zero-order valence-electron chi connectivity index (χ0n) is 10.5. The van der Waals surface area contributed by atoms with Crippen LogP contribution >= 0.6 is 0 Å². The Morgan fingerprint density at radius 2 is 2.28 bits per heavy atom. The zero-order chi connectivity index (χ0) is 13.5. The number of anilines is 1. The highest BCUT2D eigenvalue weighted by Crippen LogP contribution is 2.21. The first-order valence-corrected chi connectivity index (χ1v) is 5.55. The van der Waals surface area contributed by atoms with Crippen LogP contribution in [0.4, 0.5) is 5.69 Å². The largest absolute Gasteiger partial charge is 0.480 e. The van der Waals surface area contributed by atoms with Crippen molar-refractivity contribution < 1.29 is 14.6 Å². The Morgan fingerprint density at radius 3 is 2.83 bits per heavy atom. The Hall–Kier alpha value is -2.06. The standard InChI is InChI=1S/C13H16N2O3/c1-10-3-4-11(8-14)12(7-10)15(5-6-18-2)9-13(16)17/h3-4,7H,5-6,9H2,1-2H3,(H,16,17). The number of aliphatic carboxylic acids is 1. The summed E-state index contributed by atoms with van der Waals surface area (Å²) in [5.41, 5.74) is 2.09. The number of rotatable bonds is 6. The summed E-state index contributed by atoms with van der Waals surface area (Å²) in [5, 5.41) is 18.0. The van der Waals surface area contributed by atoms with Gasteiger partial charge in [-0.25, -0.2) is 0 Å². The van der Waals surface area contributed by atoms with E-state index in [1.165, 1.54) is 0 Å². The number of carboxylic acid groups (broad SMARTS) is 1. The molecule has 0 saturated heterocycles. The monoisotopic (exact) mass is 248 g/mol. The van der Waals surface area contributed by atoms with E-state index in [2.05, 4.69) is 6.07 Å². The Kier molecular flexibility index (Phi) is 5.15. The van der Waals surface area contributed by atoms with Crippen molar-refractivity contribution >= 4 is 11.7 Å². The van der Waals surface area contributed by atoms with Crippen molar-refractivity contribution in [1.82, 2.24) is 0 Å². The number of aryl methyl sites for hydroxylation is 1. The van der Waals surface area contributed by atoms with Gasteiger partial charge in [0.05, 0.1) is 17.9 Å². The van der Waals surface area contributed by atoms with Crippen LogP contribution in [0.25, 0.3) is 0 Å². The highest BCUT2D eigenvalue weighted by Gasteiger charge is 2.14. The van der Waals surface area contributed by atoms with Gasteiger partial charge in [0.25, 0.3) is 0 Å². The Morgan fingerprint density at radius 1 is 1.56 bits per heavy atom. The fraction of sp³-hybridized carbons (Fsp3) is 0.385. The highest BCUT2D eigenvalue weighted by atomic mass is 16.5. The summed E-state index contributed by atoms with van der Waals surface area (Å²) in [4.78, 5) is 12.5. The van der Waals surface area contributed by atoms with Crippen LogP contribution in [-0.4, -0.2) is 37.9 Å². The smallest absolute Gasteiger partial charge is 0.323 e. The molecule has 0 heterocycles. The van der Waals surface area contributed by atoms with Crippen LogP contribution in [0.15, 0.2) is 18.2 Å². The van der Waals surface area contributed by atoms with Gasteiger partial charge in [0.2, 0.25) is 0 Å². The van der Waals surface area contributed by atoms with Gasteiger partial charge in [0, 0.05) is 13.7 Å². The molecule has 0 fully saturated rings. The number of nitrogens with zero attached hydrogens (tertiary/aromatic N) is 2.